The second-order valence-corrected chi connectivity index (χ2v) is 9.57. The minimum atomic E-state index is -0.170. The Bertz CT molecular complexity index is 1410. The van der Waals surface area contributed by atoms with Crippen LogP contribution in [0.25, 0.3) is 16.8 Å². The Morgan fingerprint density at radius 3 is 2.58 bits per heavy atom. The fourth-order valence-corrected chi connectivity index (χ4v) is 5.23. The molecule has 0 aromatic heterocycles. The van der Waals surface area contributed by atoms with Gasteiger partial charge in [0.05, 0.1) is 10.6 Å². The van der Waals surface area contributed by atoms with Crippen LogP contribution in [0.5, 0.6) is 5.75 Å². The highest BCUT2D eigenvalue weighted by molar-refractivity contribution is 8.27. The van der Waals surface area contributed by atoms with Crippen LogP contribution in [0, 0.1) is 0 Å². The minimum Gasteiger partial charge on any atom is -0.488 e. The second kappa shape index (κ2) is 9.40. The fourth-order valence-electron chi connectivity index (χ4n) is 3.75. The number of benzene rings is 4. The van der Waals surface area contributed by atoms with Crippen molar-refractivity contribution in [3.63, 3.8) is 0 Å². The number of ether oxygens (including phenoxy) is 1. The van der Waals surface area contributed by atoms with Crippen molar-refractivity contribution in [3.8, 4) is 5.75 Å². The number of carbonyl (C=O) groups is 1. The Balaban J connectivity index is 1.41. The van der Waals surface area contributed by atoms with E-state index in [-0.39, 0.29) is 5.91 Å². The van der Waals surface area contributed by atoms with Gasteiger partial charge in [0.25, 0.3) is 5.91 Å². The summed E-state index contributed by atoms with van der Waals surface area (Å²) in [5.41, 5.74) is 2.59. The molecule has 1 amide bonds. The summed E-state index contributed by atoms with van der Waals surface area (Å²) < 4.78 is 6.68. The Labute approximate surface area is 206 Å². The van der Waals surface area contributed by atoms with Gasteiger partial charge in [-0.15, -0.1) is 0 Å². The molecule has 4 aromatic carbocycles. The average molecular weight is 488 g/mol. The quantitative estimate of drug-likeness (QED) is 0.215. The van der Waals surface area contributed by atoms with E-state index in [1.54, 1.807) is 18.2 Å². The van der Waals surface area contributed by atoms with E-state index in [2.05, 4.69) is 24.3 Å². The van der Waals surface area contributed by atoms with Crippen LogP contribution in [0.4, 0.5) is 5.69 Å². The Hall–Kier alpha value is -3.12. The van der Waals surface area contributed by atoms with Gasteiger partial charge in [-0.3, -0.25) is 9.69 Å². The lowest BCUT2D eigenvalue weighted by atomic mass is 10.1. The Morgan fingerprint density at radius 2 is 1.70 bits per heavy atom. The van der Waals surface area contributed by atoms with Crippen molar-refractivity contribution in [1.29, 1.82) is 0 Å². The van der Waals surface area contributed by atoms with Gasteiger partial charge in [-0.1, -0.05) is 102 Å². The molecule has 1 heterocycles. The lowest BCUT2D eigenvalue weighted by Crippen LogP contribution is -2.27. The zero-order valence-corrected chi connectivity index (χ0v) is 19.8. The van der Waals surface area contributed by atoms with E-state index >= 15 is 0 Å². The van der Waals surface area contributed by atoms with Crippen LogP contribution < -0.4 is 9.64 Å². The fraction of sp³-hybridized carbons (Fsp3) is 0.0370. The van der Waals surface area contributed by atoms with Gasteiger partial charge in [0.15, 0.2) is 4.32 Å². The molecule has 1 fully saturated rings. The highest BCUT2D eigenvalue weighted by atomic mass is 35.5. The molecule has 0 spiro atoms. The minimum absolute atomic E-state index is 0.170. The van der Waals surface area contributed by atoms with E-state index in [0.717, 1.165) is 11.1 Å². The van der Waals surface area contributed by atoms with E-state index in [4.69, 9.17) is 28.6 Å². The highest BCUT2D eigenvalue weighted by Gasteiger charge is 2.33. The third-order valence-corrected chi connectivity index (χ3v) is 6.87. The predicted molar refractivity (Wildman–Crippen MR) is 142 cm³/mol. The van der Waals surface area contributed by atoms with Crippen molar-refractivity contribution >= 4 is 68.3 Å². The van der Waals surface area contributed by atoms with Crippen LogP contribution in [0.1, 0.15) is 11.1 Å². The van der Waals surface area contributed by atoms with Crippen molar-refractivity contribution in [1.82, 2.24) is 0 Å². The van der Waals surface area contributed by atoms with Gasteiger partial charge < -0.3 is 4.74 Å². The summed E-state index contributed by atoms with van der Waals surface area (Å²) in [7, 11) is 0. The van der Waals surface area contributed by atoms with Gasteiger partial charge in [0.1, 0.15) is 12.4 Å². The smallest absolute Gasteiger partial charge is 0.270 e. The Kier molecular flexibility index (Phi) is 6.18. The van der Waals surface area contributed by atoms with Gasteiger partial charge in [-0.05, 0) is 46.7 Å². The zero-order chi connectivity index (χ0) is 22.8. The number of nitrogens with zero attached hydrogens (tertiary/aromatic N) is 1. The van der Waals surface area contributed by atoms with Crippen molar-refractivity contribution < 1.29 is 9.53 Å². The monoisotopic (exact) mass is 487 g/mol. The molecule has 0 N–H and O–H groups in total. The molecule has 1 saturated heterocycles. The van der Waals surface area contributed by atoms with Crippen LogP contribution >= 0.6 is 35.6 Å². The summed E-state index contributed by atoms with van der Waals surface area (Å²) in [6, 6.07) is 29.3. The molecule has 33 heavy (non-hydrogen) atoms. The maximum atomic E-state index is 13.1. The number of fused-ring (bicyclic) bond motifs is 1. The molecule has 0 bridgehead atoms. The molecule has 1 aliphatic heterocycles. The topological polar surface area (TPSA) is 29.5 Å². The number of thioether (sulfide) groups is 1. The number of para-hydroxylation sites is 1. The largest absolute Gasteiger partial charge is 0.488 e. The summed E-state index contributed by atoms with van der Waals surface area (Å²) >= 11 is 12.9. The number of carbonyl (C=O) groups excluding carboxylic acids is 1. The first kappa shape index (κ1) is 21.7. The normalized spacial score (nSPS) is 14.9. The van der Waals surface area contributed by atoms with Crippen LogP contribution in [0.3, 0.4) is 0 Å². The van der Waals surface area contributed by atoms with Gasteiger partial charge >= 0.3 is 0 Å². The number of anilines is 1. The lowest BCUT2D eigenvalue weighted by molar-refractivity contribution is -0.113. The number of hydrogen-bond acceptors (Lipinski definition) is 4. The molecule has 0 unspecified atom stereocenters. The van der Waals surface area contributed by atoms with Crippen LogP contribution in [-0.4, -0.2) is 10.2 Å². The van der Waals surface area contributed by atoms with E-state index in [1.807, 2.05) is 54.6 Å². The molecule has 0 radical (unpaired) electrons. The van der Waals surface area contributed by atoms with E-state index < -0.39 is 0 Å². The van der Waals surface area contributed by atoms with Crippen molar-refractivity contribution in [2.75, 3.05) is 4.90 Å². The van der Waals surface area contributed by atoms with Gasteiger partial charge in [-0.2, -0.15) is 0 Å². The zero-order valence-electron chi connectivity index (χ0n) is 17.4. The molecule has 0 aliphatic carbocycles. The summed E-state index contributed by atoms with van der Waals surface area (Å²) in [6.45, 7) is 0.426. The number of thiocarbonyl (C=S) groups is 1. The lowest BCUT2D eigenvalue weighted by Gasteiger charge is -2.14. The number of halogens is 1. The van der Waals surface area contributed by atoms with Crippen LogP contribution in [0.2, 0.25) is 5.02 Å². The van der Waals surface area contributed by atoms with Crippen molar-refractivity contribution in [3.05, 3.63) is 112 Å². The number of rotatable bonds is 5. The average Bonchev–Trinajstić information content (AvgIpc) is 3.11. The first-order valence-electron chi connectivity index (χ1n) is 10.3. The summed E-state index contributed by atoms with van der Waals surface area (Å²) in [5.74, 6) is 0.537. The maximum absolute atomic E-state index is 13.1. The standard InChI is InChI=1S/C27H18ClNO2S2/c28-21-11-6-12-22(16-21)29-26(30)25(33-27(29)32)15-19-8-2-4-14-24(19)31-17-20-10-5-9-18-7-1-3-13-23(18)20/h1-16H,17H2/b25-15+. The summed E-state index contributed by atoms with van der Waals surface area (Å²) in [6.07, 6.45) is 1.84. The molecule has 162 valence electrons. The maximum Gasteiger partial charge on any atom is 0.270 e. The number of hydrogen-bond donors (Lipinski definition) is 0. The molecule has 3 nitrogen and oxygen atoms in total. The summed E-state index contributed by atoms with van der Waals surface area (Å²) in [5, 5.41) is 2.90. The van der Waals surface area contributed by atoms with Crippen molar-refractivity contribution in [2.24, 2.45) is 0 Å². The van der Waals surface area contributed by atoms with Gasteiger partial charge in [0, 0.05) is 10.6 Å². The van der Waals surface area contributed by atoms with Crippen LogP contribution in [-0.2, 0) is 11.4 Å². The molecule has 6 heteroatoms. The molecule has 4 aromatic rings. The van der Waals surface area contributed by atoms with Crippen molar-refractivity contribution in [2.45, 2.75) is 6.61 Å². The van der Waals surface area contributed by atoms with Gasteiger partial charge in [0.2, 0.25) is 0 Å². The molecule has 0 atom stereocenters. The van der Waals surface area contributed by atoms with E-state index in [0.29, 0.717) is 32.3 Å². The SMILES string of the molecule is O=C1/C(=C\c2ccccc2OCc2cccc3ccccc23)SC(=S)N1c1cccc(Cl)c1. The Morgan fingerprint density at radius 1 is 0.939 bits per heavy atom. The first-order chi connectivity index (χ1) is 16.1. The molecule has 0 saturated carbocycles. The third kappa shape index (κ3) is 4.53. The molecule has 1 aliphatic rings. The first-order valence-corrected chi connectivity index (χ1v) is 11.9. The predicted octanol–water partition coefficient (Wildman–Crippen LogP) is 7.48. The molecular formula is C27H18ClNO2S2. The van der Waals surface area contributed by atoms with E-state index in [9.17, 15) is 4.79 Å². The number of amides is 1. The highest BCUT2D eigenvalue weighted by Crippen LogP contribution is 2.37. The van der Waals surface area contributed by atoms with Gasteiger partial charge in [-0.25, -0.2) is 0 Å². The second-order valence-electron chi connectivity index (χ2n) is 7.46. The third-order valence-electron chi connectivity index (χ3n) is 5.33. The van der Waals surface area contributed by atoms with Crippen LogP contribution in [0.15, 0.2) is 95.9 Å². The molecular weight excluding hydrogens is 470 g/mol. The van der Waals surface area contributed by atoms with E-state index in [1.165, 1.54) is 27.4 Å². The summed E-state index contributed by atoms with van der Waals surface area (Å²) in [4.78, 5) is 15.2. The molecule has 5 rings (SSSR count).